The summed E-state index contributed by atoms with van der Waals surface area (Å²) in [5, 5.41) is 7.52. The number of rotatable bonds is 6. The van der Waals surface area contributed by atoms with E-state index >= 15 is 0 Å². The van der Waals surface area contributed by atoms with Gasteiger partial charge in [-0.3, -0.25) is 4.99 Å². The van der Waals surface area contributed by atoms with Gasteiger partial charge in [0.2, 0.25) is 5.88 Å². The molecule has 9 heteroatoms. The number of aromatic nitrogens is 2. The van der Waals surface area contributed by atoms with Crippen LogP contribution in [0.3, 0.4) is 0 Å². The molecule has 0 radical (unpaired) electrons. The molecule has 0 spiro atoms. The van der Waals surface area contributed by atoms with Gasteiger partial charge in [-0.05, 0) is 31.5 Å². The van der Waals surface area contributed by atoms with Gasteiger partial charge in [0.25, 0.3) is 0 Å². The third kappa shape index (κ3) is 6.93. The van der Waals surface area contributed by atoms with E-state index in [4.69, 9.17) is 4.74 Å². The van der Waals surface area contributed by atoms with Crippen molar-refractivity contribution in [1.29, 1.82) is 0 Å². The Labute approximate surface area is 190 Å². The van der Waals surface area contributed by atoms with Crippen molar-refractivity contribution in [3.05, 3.63) is 69.6 Å². The number of pyridine rings is 1. The lowest BCUT2D eigenvalue weighted by Crippen LogP contribution is -2.36. The molecule has 0 aliphatic heterocycles. The van der Waals surface area contributed by atoms with Crippen LogP contribution in [0, 0.1) is 19.7 Å². The Morgan fingerprint density at radius 3 is 2.59 bits per heavy atom. The van der Waals surface area contributed by atoms with Crippen molar-refractivity contribution in [2.75, 3.05) is 7.05 Å². The fraction of sp³-hybridized carbons (Fsp3) is 0.250. The monoisotopic (exact) mass is 527 g/mol. The maximum absolute atomic E-state index is 13.2. The van der Waals surface area contributed by atoms with E-state index in [9.17, 15) is 4.39 Å². The van der Waals surface area contributed by atoms with E-state index in [1.807, 2.05) is 13.0 Å². The highest BCUT2D eigenvalue weighted by atomic mass is 127. The van der Waals surface area contributed by atoms with E-state index in [2.05, 4.69) is 32.5 Å². The van der Waals surface area contributed by atoms with Gasteiger partial charge in [-0.1, -0.05) is 12.1 Å². The zero-order valence-electron chi connectivity index (χ0n) is 16.4. The van der Waals surface area contributed by atoms with Crippen LogP contribution in [-0.4, -0.2) is 23.0 Å². The van der Waals surface area contributed by atoms with Crippen molar-refractivity contribution in [1.82, 2.24) is 20.6 Å². The van der Waals surface area contributed by atoms with Crippen molar-refractivity contribution < 1.29 is 9.13 Å². The largest absolute Gasteiger partial charge is 0.439 e. The molecule has 3 aromatic rings. The third-order valence-corrected chi connectivity index (χ3v) is 5.05. The highest BCUT2D eigenvalue weighted by molar-refractivity contribution is 14.0. The van der Waals surface area contributed by atoms with Crippen molar-refractivity contribution in [2.24, 2.45) is 4.99 Å². The highest BCUT2D eigenvalue weighted by Crippen LogP contribution is 2.20. The molecule has 2 heterocycles. The Morgan fingerprint density at radius 2 is 1.97 bits per heavy atom. The summed E-state index contributed by atoms with van der Waals surface area (Å²) < 4.78 is 18.8. The van der Waals surface area contributed by atoms with E-state index < -0.39 is 0 Å². The first-order chi connectivity index (χ1) is 13.5. The van der Waals surface area contributed by atoms with Crippen molar-refractivity contribution in [3.63, 3.8) is 0 Å². The van der Waals surface area contributed by atoms with Gasteiger partial charge in [0.15, 0.2) is 5.96 Å². The van der Waals surface area contributed by atoms with E-state index in [0.29, 0.717) is 30.7 Å². The predicted octanol–water partition coefficient (Wildman–Crippen LogP) is 4.57. The summed E-state index contributed by atoms with van der Waals surface area (Å²) in [6, 6.07) is 9.61. The number of nitrogens with one attached hydrogen (secondary N) is 2. The normalized spacial score (nSPS) is 11.0. The second-order valence-electron chi connectivity index (χ2n) is 6.09. The summed E-state index contributed by atoms with van der Waals surface area (Å²) in [7, 11) is 1.72. The number of ether oxygens (including phenoxy) is 1. The molecule has 0 unspecified atom stereocenters. The number of halogens is 2. The number of aryl methyl sites for hydroxylation is 2. The fourth-order valence-corrected chi connectivity index (χ4v) is 3.28. The topological polar surface area (TPSA) is 71.4 Å². The number of nitrogens with zero attached hydrogens (tertiary/aromatic N) is 3. The summed E-state index contributed by atoms with van der Waals surface area (Å²) >= 11 is 1.68. The quantitative estimate of drug-likeness (QED) is 0.279. The van der Waals surface area contributed by atoms with Gasteiger partial charge in [0, 0.05) is 36.8 Å². The minimum atomic E-state index is -0.347. The van der Waals surface area contributed by atoms with Crippen LogP contribution in [0.5, 0.6) is 11.6 Å². The summed E-state index contributed by atoms with van der Waals surface area (Å²) in [5.41, 5.74) is 2.03. The molecular formula is C20H23FIN5OS. The number of hydrogen-bond acceptors (Lipinski definition) is 5. The van der Waals surface area contributed by atoms with E-state index in [1.54, 1.807) is 42.8 Å². The lowest BCUT2D eigenvalue weighted by molar-refractivity contribution is 0.457. The number of thiazole rings is 1. The summed E-state index contributed by atoms with van der Waals surface area (Å²) in [6.45, 7) is 5.26. The average Bonchev–Trinajstić information content (AvgIpc) is 3.01. The zero-order chi connectivity index (χ0) is 19.9. The summed E-state index contributed by atoms with van der Waals surface area (Å²) in [5.74, 6) is 1.16. The average molecular weight is 527 g/mol. The highest BCUT2D eigenvalue weighted by Gasteiger charge is 2.05. The van der Waals surface area contributed by atoms with Crippen molar-refractivity contribution in [3.8, 4) is 11.6 Å². The van der Waals surface area contributed by atoms with Crippen LogP contribution in [0.4, 0.5) is 4.39 Å². The van der Waals surface area contributed by atoms with Crippen LogP contribution in [0.15, 0.2) is 47.6 Å². The minimum absolute atomic E-state index is 0. The van der Waals surface area contributed by atoms with Gasteiger partial charge in [-0.15, -0.1) is 35.3 Å². The second-order valence-corrected chi connectivity index (χ2v) is 7.38. The van der Waals surface area contributed by atoms with Gasteiger partial charge in [0.05, 0.1) is 12.2 Å². The summed E-state index contributed by atoms with van der Waals surface area (Å²) in [4.78, 5) is 14.2. The molecule has 6 nitrogen and oxygen atoms in total. The maximum Gasteiger partial charge on any atom is 0.219 e. The molecule has 0 aliphatic rings. The Morgan fingerprint density at radius 1 is 1.17 bits per heavy atom. The van der Waals surface area contributed by atoms with E-state index in [-0.39, 0.29) is 29.8 Å². The van der Waals surface area contributed by atoms with Gasteiger partial charge in [0.1, 0.15) is 16.6 Å². The van der Waals surface area contributed by atoms with E-state index in [1.165, 1.54) is 17.0 Å². The third-order valence-electron chi connectivity index (χ3n) is 3.98. The van der Waals surface area contributed by atoms with Crippen LogP contribution >= 0.6 is 35.3 Å². The molecule has 0 amide bonds. The molecule has 0 bridgehead atoms. The van der Waals surface area contributed by atoms with Crippen LogP contribution in [-0.2, 0) is 13.1 Å². The molecule has 2 N–H and O–H groups in total. The Balaban J connectivity index is 0.00000300. The number of aliphatic imine (C=N–C) groups is 1. The minimum Gasteiger partial charge on any atom is -0.439 e. The first-order valence-corrected chi connectivity index (χ1v) is 9.61. The van der Waals surface area contributed by atoms with Gasteiger partial charge < -0.3 is 15.4 Å². The van der Waals surface area contributed by atoms with Crippen molar-refractivity contribution >= 4 is 41.3 Å². The molecule has 0 aliphatic carbocycles. The Bertz CT molecular complexity index is 942. The first-order valence-electron chi connectivity index (χ1n) is 8.79. The fourth-order valence-electron chi connectivity index (χ4n) is 2.41. The molecule has 154 valence electrons. The van der Waals surface area contributed by atoms with Crippen LogP contribution in [0.25, 0.3) is 0 Å². The molecule has 29 heavy (non-hydrogen) atoms. The number of benzene rings is 1. The Kier molecular flexibility index (Phi) is 8.77. The molecule has 0 fully saturated rings. The van der Waals surface area contributed by atoms with Crippen molar-refractivity contribution in [2.45, 2.75) is 26.9 Å². The lowest BCUT2D eigenvalue weighted by Gasteiger charge is -2.11. The lowest BCUT2D eigenvalue weighted by atomic mass is 10.3. The van der Waals surface area contributed by atoms with Crippen LogP contribution in [0.1, 0.15) is 21.1 Å². The predicted molar refractivity (Wildman–Crippen MR) is 125 cm³/mol. The molecule has 3 rings (SSSR count). The molecule has 2 aromatic heterocycles. The zero-order valence-corrected chi connectivity index (χ0v) is 19.5. The van der Waals surface area contributed by atoms with Crippen LogP contribution < -0.4 is 15.4 Å². The van der Waals surface area contributed by atoms with Gasteiger partial charge in [-0.25, -0.2) is 14.4 Å². The molecule has 0 saturated carbocycles. The SMILES string of the molecule is CN=C(NCc1ccc(Oc2cccc(F)c2)nc1)NCc1nc(C)c(C)s1.I. The molecule has 0 saturated heterocycles. The number of hydrogen-bond donors (Lipinski definition) is 2. The molecule has 0 atom stereocenters. The standard InChI is InChI=1S/C20H22FN5OS.HI/c1-13-14(2)28-19(26-13)12-25-20(22-3)24-11-15-7-8-18(23-10-15)27-17-6-4-5-16(21)9-17;/h4-10H,11-12H2,1-3H3,(H2,22,24,25);1H. The Hall–Kier alpha value is -2.27. The smallest absolute Gasteiger partial charge is 0.219 e. The summed E-state index contributed by atoms with van der Waals surface area (Å²) in [6.07, 6.45) is 1.71. The van der Waals surface area contributed by atoms with E-state index in [0.717, 1.165) is 16.3 Å². The van der Waals surface area contributed by atoms with Crippen LogP contribution in [0.2, 0.25) is 0 Å². The maximum atomic E-state index is 13.2. The van der Waals surface area contributed by atoms with Gasteiger partial charge >= 0.3 is 0 Å². The molecule has 1 aromatic carbocycles. The molecular weight excluding hydrogens is 504 g/mol. The van der Waals surface area contributed by atoms with Gasteiger partial charge in [-0.2, -0.15) is 0 Å². The number of guanidine groups is 1. The second kappa shape index (κ2) is 11.1. The first kappa shape index (κ1) is 23.0.